The molecule has 2 fully saturated rings. The van der Waals surface area contributed by atoms with E-state index in [1.165, 1.54) is 51.4 Å². The van der Waals surface area contributed by atoms with Crippen molar-refractivity contribution in [2.24, 2.45) is 5.73 Å². The first-order valence-electron chi connectivity index (χ1n) is 11.3. The lowest BCUT2D eigenvalue weighted by Crippen LogP contribution is -2.57. The summed E-state index contributed by atoms with van der Waals surface area (Å²) in [5, 5.41) is 0. The smallest absolute Gasteiger partial charge is 0.410 e. The zero-order chi connectivity index (χ0) is 20.5. The van der Waals surface area contributed by atoms with Crippen LogP contribution in [0.25, 0.3) is 0 Å². The van der Waals surface area contributed by atoms with E-state index in [-0.39, 0.29) is 11.6 Å². The number of nitrogens with two attached hydrogens (primary N) is 1. The van der Waals surface area contributed by atoms with E-state index in [0.29, 0.717) is 0 Å². The molecule has 6 heteroatoms. The standard InChI is InChI=1S/C22H43N3O3/c1-21(2,3)28-20(26)25-16-14-24(15-17-25)13-11-9-7-5-4-6-8-10-12-22(23)18-27-19-22/h4-19,23H2,1-3H3. The Balaban J connectivity index is 1.38. The monoisotopic (exact) mass is 397 g/mol. The number of carbonyl (C=O) groups excluding carboxylic acids is 1. The molecule has 0 aromatic rings. The summed E-state index contributed by atoms with van der Waals surface area (Å²) in [6.45, 7) is 11.9. The van der Waals surface area contributed by atoms with Crippen LogP contribution in [-0.2, 0) is 9.47 Å². The van der Waals surface area contributed by atoms with Crippen molar-refractivity contribution in [2.75, 3.05) is 45.9 Å². The summed E-state index contributed by atoms with van der Waals surface area (Å²) in [5.74, 6) is 0. The lowest BCUT2D eigenvalue weighted by molar-refractivity contribution is -0.0582. The van der Waals surface area contributed by atoms with Crippen LogP contribution in [0, 0.1) is 0 Å². The highest BCUT2D eigenvalue weighted by Crippen LogP contribution is 2.21. The second-order valence-electron chi connectivity index (χ2n) is 9.74. The molecule has 2 aliphatic heterocycles. The highest BCUT2D eigenvalue weighted by Gasteiger charge is 2.33. The molecule has 0 spiro atoms. The number of carbonyl (C=O) groups is 1. The van der Waals surface area contributed by atoms with Crippen molar-refractivity contribution in [1.82, 2.24) is 9.80 Å². The van der Waals surface area contributed by atoms with Gasteiger partial charge in [0.25, 0.3) is 0 Å². The molecule has 0 aromatic carbocycles. The molecule has 0 bridgehead atoms. The Kier molecular flexibility index (Phi) is 9.51. The van der Waals surface area contributed by atoms with Gasteiger partial charge in [-0.1, -0.05) is 44.9 Å². The minimum atomic E-state index is -0.410. The van der Waals surface area contributed by atoms with Crippen molar-refractivity contribution in [1.29, 1.82) is 0 Å². The summed E-state index contributed by atoms with van der Waals surface area (Å²) in [7, 11) is 0. The maximum Gasteiger partial charge on any atom is 0.410 e. The van der Waals surface area contributed by atoms with Gasteiger partial charge in [0.15, 0.2) is 0 Å². The molecular formula is C22H43N3O3. The zero-order valence-corrected chi connectivity index (χ0v) is 18.5. The lowest BCUT2D eigenvalue weighted by atomic mass is 9.91. The Bertz CT molecular complexity index is 452. The minimum Gasteiger partial charge on any atom is -0.444 e. The number of nitrogens with zero attached hydrogens (tertiary/aromatic N) is 2. The zero-order valence-electron chi connectivity index (χ0n) is 18.5. The van der Waals surface area contributed by atoms with Gasteiger partial charge in [-0.2, -0.15) is 0 Å². The summed E-state index contributed by atoms with van der Waals surface area (Å²) < 4.78 is 10.7. The van der Waals surface area contributed by atoms with Gasteiger partial charge in [0.05, 0.1) is 18.8 Å². The molecule has 0 unspecified atom stereocenters. The van der Waals surface area contributed by atoms with E-state index >= 15 is 0 Å². The summed E-state index contributed by atoms with van der Waals surface area (Å²) in [5.41, 5.74) is 5.74. The van der Waals surface area contributed by atoms with Crippen LogP contribution < -0.4 is 5.73 Å². The van der Waals surface area contributed by atoms with Crippen LogP contribution in [0.2, 0.25) is 0 Å². The molecule has 2 heterocycles. The van der Waals surface area contributed by atoms with Gasteiger partial charge in [-0.25, -0.2) is 4.79 Å². The predicted molar refractivity (Wildman–Crippen MR) is 114 cm³/mol. The van der Waals surface area contributed by atoms with Crippen molar-refractivity contribution in [3.8, 4) is 0 Å². The number of amides is 1. The van der Waals surface area contributed by atoms with Gasteiger partial charge in [-0.05, 0) is 40.2 Å². The molecule has 0 aromatic heterocycles. The van der Waals surface area contributed by atoms with Crippen LogP contribution in [0.15, 0.2) is 0 Å². The Morgan fingerprint density at radius 2 is 1.46 bits per heavy atom. The topological polar surface area (TPSA) is 68.0 Å². The van der Waals surface area contributed by atoms with Gasteiger partial charge in [0.2, 0.25) is 0 Å². The van der Waals surface area contributed by atoms with Gasteiger partial charge in [0.1, 0.15) is 5.60 Å². The van der Waals surface area contributed by atoms with Crippen LogP contribution in [0.1, 0.15) is 78.6 Å². The molecular weight excluding hydrogens is 354 g/mol. The lowest BCUT2D eigenvalue weighted by Gasteiger charge is -2.37. The number of piperazine rings is 1. The van der Waals surface area contributed by atoms with Crippen LogP contribution in [0.5, 0.6) is 0 Å². The van der Waals surface area contributed by atoms with E-state index in [4.69, 9.17) is 15.2 Å². The van der Waals surface area contributed by atoms with Crippen molar-refractivity contribution in [2.45, 2.75) is 89.7 Å². The molecule has 2 rings (SSSR count). The molecule has 6 nitrogen and oxygen atoms in total. The average Bonchev–Trinajstić information content (AvgIpc) is 2.61. The maximum absolute atomic E-state index is 12.1. The van der Waals surface area contributed by atoms with E-state index in [0.717, 1.165) is 52.4 Å². The third-order valence-corrected chi connectivity index (χ3v) is 5.70. The predicted octanol–water partition coefficient (Wildman–Crippen LogP) is 3.78. The van der Waals surface area contributed by atoms with Gasteiger partial charge >= 0.3 is 6.09 Å². The highest BCUT2D eigenvalue weighted by molar-refractivity contribution is 5.68. The molecule has 164 valence electrons. The van der Waals surface area contributed by atoms with Gasteiger partial charge in [-0.15, -0.1) is 0 Å². The molecule has 0 atom stereocenters. The van der Waals surface area contributed by atoms with Crippen LogP contribution in [-0.4, -0.2) is 73.0 Å². The normalized spacial score (nSPS) is 20.1. The summed E-state index contributed by atoms with van der Waals surface area (Å²) in [6, 6.07) is 0. The second kappa shape index (κ2) is 11.4. The van der Waals surface area contributed by atoms with Crippen LogP contribution in [0.3, 0.4) is 0 Å². The largest absolute Gasteiger partial charge is 0.444 e. The molecule has 0 saturated carbocycles. The maximum atomic E-state index is 12.1. The molecule has 0 aliphatic carbocycles. The first kappa shape index (κ1) is 23.4. The number of hydrogen-bond donors (Lipinski definition) is 1. The van der Waals surface area contributed by atoms with Crippen molar-refractivity contribution in [3.05, 3.63) is 0 Å². The molecule has 2 N–H and O–H groups in total. The van der Waals surface area contributed by atoms with Crippen molar-refractivity contribution < 1.29 is 14.3 Å². The number of rotatable bonds is 11. The van der Waals surface area contributed by atoms with Gasteiger partial charge in [0, 0.05) is 26.2 Å². The van der Waals surface area contributed by atoms with Gasteiger partial charge in [-0.3, -0.25) is 4.90 Å². The number of hydrogen-bond acceptors (Lipinski definition) is 5. The van der Waals surface area contributed by atoms with Gasteiger partial charge < -0.3 is 20.1 Å². The van der Waals surface area contributed by atoms with E-state index in [2.05, 4.69) is 4.90 Å². The molecule has 28 heavy (non-hydrogen) atoms. The van der Waals surface area contributed by atoms with E-state index in [9.17, 15) is 4.79 Å². The highest BCUT2D eigenvalue weighted by atomic mass is 16.6. The Morgan fingerprint density at radius 3 is 1.96 bits per heavy atom. The van der Waals surface area contributed by atoms with Crippen molar-refractivity contribution >= 4 is 6.09 Å². The average molecular weight is 398 g/mol. The summed E-state index contributed by atoms with van der Waals surface area (Å²) in [4.78, 5) is 16.4. The third-order valence-electron chi connectivity index (χ3n) is 5.70. The van der Waals surface area contributed by atoms with E-state index in [1.807, 2.05) is 25.7 Å². The fourth-order valence-corrected chi connectivity index (χ4v) is 3.86. The summed E-state index contributed by atoms with van der Waals surface area (Å²) in [6.07, 6.45) is 11.5. The van der Waals surface area contributed by atoms with E-state index < -0.39 is 5.60 Å². The summed E-state index contributed by atoms with van der Waals surface area (Å²) >= 11 is 0. The minimum absolute atomic E-state index is 0.00160. The number of ether oxygens (including phenoxy) is 2. The van der Waals surface area contributed by atoms with Crippen molar-refractivity contribution in [3.63, 3.8) is 0 Å². The molecule has 2 aliphatic rings. The first-order chi connectivity index (χ1) is 13.3. The fourth-order valence-electron chi connectivity index (χ4n) is 3.86. The first-order valence-corrected chi connectivity index (χ1v) is 11.3. The van der Waals surface area contributed by atoms with Crippen LogP contribution in [0.4, 0.5) is 4.79 Å². The Morgan fingerprint density at radius 1 is 0.929 bits per heavy atom. The number of unbranched alkanes of at least 4 members (excludes halogenated alkanes) is 7. The molecule has 0 radical (unpaired) electrons. The van der Waals surface area contributed by atoms with E-state index in [1.54, 1.807) is 0 Å². The molecule has 2 saturated heterocycles. The SMILES string of the molecule is CC(C)(C)OC(=O)N1CCN(CCCCCCCCCCC2(N)COC2)CC1. The van der Waals surface area contributed by atoms with Crippen LogP contribution >= 0.6 is 0 Å². The third kappa shape index (κ3) is 9.10. The molecule has 1 amide bonds. The second-order valence-corrected chi connectivity index (χ2v) is 9.74. The Labute approximate surface area is 172 Å². The Hall–Kier alpha value is -0.850. The quantitative estimate of drug-likeness (QED) is 0.537. The fraction of sp³-hybridized carbons (Fsp3) is 0.955.